The van der Waals surface area contributed by atoms with Crippen LogP contribution in [-0.4, -0.2) is 42.4 Å². The van der Waals surface area contributed by atoms with E-state index in [-0.39, 0.29) is 18.2 Å². The van der Waals surface area contributed by atoms with Crippen molar-refractivity contribution in [1.29, 1.82) is 0 Å². The van der Waals surface area contributed by atoms with Crippen LogP contribution in [0, 0.1) is 0 Å². The lowest BCUT2D eigenvalue weighted by atomic mass is 9.98. The zero-order chi connectivity index (χ0) is 22.0. The topological polar surface area (TPSA) is 80.2 Å². The molecule has 7 heteroatoms. The van der Waals surface area contributed by atoms with Gasteiger partial charge in [-0.3, -0.25) is 14.5 Å². The highest BCUT2D eigenvalue weighted by Gasteiger charge is 2.49. The number of hydrogen-bond acceptors (Lipinski definition) is 5. The Balaban J connectivity index is 1.75. The lowest BCUT2D eigenvalue weighted by molar-refractivity contribution is -0.130. The van der Waals surface area contributed by atoms with Crippen molar-refractivity contribution in [2.75, 3.05) is 14.2 Å². The third-order valence-corrected chi connectivity index (χ3v) is 5.30. The first kappa shape index (κ1) is 20.4. The molecule has 2 heterocycles. The minimum atomic E-state index is -1.48. The maximum atomic E-state index is 13.5. The summed E-state index contributed by atoms with van der Waals surface area (Å²) in [5, 5.41) is 2.90. The molecular weight excluding hydrogens is 394 g/mol. The van der Waals surface area contributed by atoms with E-state index >= 15 is 0 Å². The molecule has 158 valence electrons. The second-order valence-electron chi connectivity index (χ2n) is 7.35. The maximum Gasteiger partial charge on any atom is 0.281 e. The molecule has 0 fully saturated rings. The second-order valence-corrected chi connectivity index (χ2v) is 7.35. The van der Waals surface area contributed by atoms with Gasteiger partial charge < -0.3 is 14.8 Å². The smallest absolute Gasteiger partial charge is 0.281 e. The van der Waals surface area contributed by atoms with Gasteiger partial charge in [-0.05, 0) is 48.4 Å². The van der Waals surface area contributed by atoms with E-state index < -0.39 is 5.66 Å². The van der Waals surface area contributed by atoms with Gasteiger partial charge in [0.25, 0.3) is 11.8 Å². The van der Waals surface area contributed by atoms with Crippen molar-refractivity contribution in [2.45, 2.75) is 19.0 Å². The SMILES string of the molecule is COc1ccc(C[C@]2(NC(=O)c3ccccc3)N=C3C(C)=CC=CN3C2=O)cc1OC. The van der Waals surface area contributed by atoms with E-state index in [1.165, 1.54) is 4.90 Å². The number of aliphatic imine (C=N–C) groups is 1. The van der Waals surface area contributed by atoms with Crippen LogP contribution in [0.3, 0.4) is 0 Å². The van der Waals surface area contributed by atoms with Crippen molar-refractivity contribution in [3.63, 3.8) is 0 Å². The molecule has 1 N–H and O–H groups in total. The number of carbonyl (C=O) groups is 2. The molecule has 0 bridgehead atoms. The van der Waals surface area contributed by atoms with Crippen molar-refractivity contribution in [1.82, 2.24) is 10.2 Å². The Labute approximate surface area is 180 Å². The molecule has 0 saturated heterocycles. The molecule has 2 aliphatic rings. The van der Waals surface area contributed by atoms with Gasteiger partial charge in [-0.25, -0.2) is 4.99 Å². The highest BCUT2D eigenvalue weighted by atomic mass is 16.5. The van der Waals surface area contributed by atoms with Gasteiger partial charge in [0.1, 0.15) is 5.84 Å². The molecule has 0 spiro atoms. The number of rotatable bonds is 6. The quantitative estimate of drug-likeness (QED) is 0.783. The molecule has 31 heavy (non-hydrogen) atoms. The van der Waals surface area contributed by atoms with E-state index in [1.807, 2.05) is 25.1 Å². The number of amides is 2. The van der Waals surface area contributed by atoms with Gasteiger partial charge in [0.05, 0.1) is 14.2 Å². The predicted molar refractivity (Wildman–Crippen MR) is 117 cm³/mol. The molecule has 1 atom stereocenters. The van der Waals surface area contributed by atoms with Crippen LogP contribution < -0.4 is 14.8 Å². The molecule has 2 aliphatic heterocycles. The fraction of sp³-hybridized carbons (Fsp3) is 0.208. The molecule has 0 radical (unpaired) electrons. The number of methoxy groups -OCH3 is 2. The first-order chi connectivity index (χ1) is 15.0. The maximum absolute atomic E-state index is 13.5. The number of carbonyl (C=O) groups excluding carboxylic acids is 2. The number of nitrogens with zero attached hydrogens (tertiary/aromatic N) is 2. The molecule has 4 rings (SSSR count). The minimum absolute atomic E-state index is 0.159. The van der Waals surface area contributed by atoms with Gasteiger partial charge in [-0.1, -0.05) is 30.3 Å². The van der Waals surface area contributed by atoms with Crippen LogP contribution in [0.2, 0.25) is 0 Å². The van der Waals surface area contributed by atoms with E-state index in [9.17, 15) is 9.59 Å². The third kappa shape index (κ3) is 3.70. The molecule has 0 saturated carbocycles. The summed E-state index contributed by atoms with van der Waals surface area (Å²) in [5.41, 5.74) is 0.592. The Morgan fingerprint density at radius 2 is 1.84 bits per heavy atom. The molecule has 0 unspecified atom stereocenters. The van der Waals surface area contributed by atoms with Crippen LogP contribution >= 0.6 is 0 Å². The van der Waals surface area contributed by atoms with Crippen molar-refractivity contribution >= 4 is 17.6 Å². The first-order valence-electron chi connectivity index (χ1n) is 9.85. The number of ether oxygens (including phenoxy) is 2. The Bertz CT molecular complexity index is 1120. The number of allylic oxidation sites excluding steroid dienone is 2. The molecule has 2 amide bonds. The summed E-state index contributed by atoms with van der Waals surface area (Å²) in [6, 6.07) is 14.2. The third-order valence-electron chi connectivity index (χ3n) is 5.30. The summed E-state index contributed by atoms with van der Waals surface area (Å²) in [6.07, 6.45) is 5.50. The van der Waals surface area contributed by atoms with E-state index in [1.54, 1.807) is 62.9 Å². The Morgan fingerprint density at radius 3 is 2.52 bits per heavy atom. The summed E-state index contributed by atoms with van der Waals surface area (Å²) < 4.78 is 10.7. The van der Waals surface area contributed by atoms with Gasteiger partial charge in [0.15, 0.2) is 11.5 Å². The highest BCUT2D eigenvalue weighted by Crippen LogP contribution is 2.33. The Hall–Kier alpha value is -3.87. The number of fused-ring (bicyclic) bond motifs is 1. The van der Waals surface area contributed by atoms with Gasteiger partial charge in [-0.15, -0.1) is 0 Å². The standard InChI is InChI=1S/C24H23N3O4/c1-16-8-7-13-27-21(16)25-24(23(27)29,26-22(28)18-9-5-4-6-10-18)15-17-11-12-19(30-2)20(14-17)31-3/h4-14H,15H2,1-3H3,(H,26,28)/t24-/m1/s1. The zero-order valence-corrected chi connectivity index (χ0v) is 17.6. The van der Waals surface area contributed by atoms with Crippen molar-refractivity contribution < 1.29 is 19.1 Å². The molecule has 0 aliphatic carbocycles. The fourth-order valence-electron chi connectivity index (χ4n) is 3.72. The summed E-state index contributed by atoms with van der Waals surface area (Å²) in [7, 11) is 3.11. The average molecular weight is 417 g/mol. The van der Waals surface area contributed by atoms with E-state index in [4.69, 9.17) is 14.5 Å². The fourth-order valence-corrected chi connectivity index (χ4v) is 3.72. The predicted octanol–water partition coefficient (Wildman–Crippen LogP) is 3.09. The number of benzene rings is 2. The largest absolute Gasteiger partial charge is 0.493 e. The first-order valence-corrected chi connectivity index (χ1v) is 9.85. The Morgan fingerprint density at radius 1 is 1.10 bits per heavy atom. The van der Waals surface area contributed by atoms with E-state index in [0.29, 0.717) is 22.9 Å². The van der Waals surface area contributed by atoms with Gasteiger partial charge in [-0.2, -0.15) is 0 Å². The average Bonchev–Trinajstić information content (AvgIpc) is 3.07. The van der Waals surface area contributed by atoms with Crippen LogP contribution in [0.15, 0.2) is 77.4 Å². The second kappa shape index (κ2) is 8.10. The minimum Gasteiger partial charge on any atom is -0.493 e. The molecule has 2 aromatic carbocycles. The summed E-state index contributed by atoms with van der Waals surface area (Å²) in [6.45, 7) is 1.88. The molecule has 7 nitrogen and oxygen atoms in total. The lowest BCUT2D eigenvalue weighted by Crippen LogP contribution is -2.55. The Kier molecular flexibility index (Phi) is 5.33. The van der Waals surface area contributed by atoms with E-state index in [2.05, 4.69) is 5.32 Å². The molecule has 0 aromatic heterocycles. The number of hydrogen-bond donors (Lipinski definition) is 1. The van der Waals surface area contributed by atoms with Gasteiger partial charge >= 0.3 is 0 Å². The molecular formula is C24H23N3O4. The van der Waals surface area contributed by atoms with Crippen molar-refractivity contribution in [3.05, 3.63) is 83.6 Å². The van der Waals surface area contributed by atoms with Gasteiger partial charge in [0, 0.05) is 18.2 Å². The van der Waals surface area contributed by atoms with Crippen molar-refractivity contribution in [3.8, 4) is 11.5 Å². The normalized spacial score (nSPS) is 19.5. The molecule has 2 aromatic rings. The van der Waals surface area contributed by atoms with E-state index in [0.717, 1.165) is 11.1 Å². The van der Waals surface area contributed by atoms with Crippen LogP contribution in [0.1, 0.15) is 22.8 Å². The zero-order valence-electron chi connectivity index (χ0n) is 17.6. The summed E-state index contributed by atoms with van der Waals surface area (Å²) in [4.78, 5) is 32.8. The van der Waals surface area contributed by atoms with Crippen molar-refractivity contribution in [2.24, 2.45) is 4.99 Å². The monoisotopic (exact) mass is 417 g/mol. The van der Waals surface area contributed by atoms with Crippen LogP contribution in [0.25, 0.3) is 0 Å². The number of amidine groups is 1. The highest BCUT2D eigenvalue weighted by molar-refractivity contribution is 6.17. The van der Waals surface area contributed by atoms with Gasteiger partial charge in [0.2, 0.25) is 5.66 Å². The van der Waals surface area contributed by atoms with Crippen LogP contribution in [0.5, 0.6) is 11.5 Å². The van der Waals surface area contributed by atoms with Crippen LogP contribution in [0.4, 0.5) is 0 Å². The van der Waals surface area contributed by atoms with Crippen LogP contribution in [-0.2, 0) is 11.2 Å². The lowest BCUT2D eigenvalue weighted by Gasteiger charge is -2.27. The summed E-state index contributed by atoms with van der Waals surface area (Å²) >= 11 is 0. The summed E-state index contributed by atoms with van der Waals surface area (Å²) in [5.74, 6) is 0.962. The number of nitrogens with one attached hydrogen (secondary N) is 1.